The van der Waals surface area contributed by atoms with E-state index >= 15 is 0 Å². The summed E-state index contributed by atoms with van der Waals surface area (Å²) in [7, 11) is 0. The van der Waals surface area contributed by atoms with E-state index in [-0.39, 0.29) is 6.09 Å². The average molecular weight is 175 g/mol. The molecule has 1 fully saturated rings. The number of nitrogens with zero attached hydrogens (tertiary/aromatic N) is 1. The molecule has 0 aromatic carbocycles. The molecule has 0 aromatic heterocycles. The lowest BCUT2D eigenvalue weighted by molar-refractivity contribution is 0.0551. The first-order chi connectivity index (χ1) is 5.02. The third kappa shape index (κ3) is 2.02. The van der Waals surface area contributed by atoms with E-state index in [9.17, 15) is 4.79 Å². The summed E-state index contributed by atoms with van der Waals surface area (Å²) in [4.78, 5) is 12.3. The minimum atomic E-state index is -0.405. The Morgan fingerprint density at radius 3 is 2.64 bits per heavy atom. The molecule has 0 radical (unpaired) electrons. The van der Waals surface area contributed by atoms with Crippen LogP contribution < -0.4 is 0 Å². The van der Waals surface area contributed by atoms with Gasteiger partial charge in [0.05, 0.1) is 11.5 Å². The molecule has 0 unspecified atom stereocenters. The van der Waals surface area contributed by atoms with Crippen LogP contribution in [0.5, 0.6) is 0 Å². The lowest BCUT2D eigenvalue weighted by Gasteiger charge is -2.36. The number of thiol groups is 1. The molecule has 1 aliphatic rings. The normalized spacial score (nSPS) is 19.9. The van der Waals surface area contributed by atoms with Crippen LogP contribution in [0.1, 0.15) is 20.3 Å². The molecule has 0 aromatic rings. The van der Waals surface area contributed by atoms with Crippen LogP contribution in [-0.2, 0) is 4.74 Å². The van der Waals surface area contributed by atoms with Crippen molar-refractivity contribution in [3.8, 4) is 0 Å². The van der Waals surface area contributed by atoms with Gasteiger partial charge in [-0.25, -0.2) is 4.79 Å². The predicted molar refractivity (Wildman–Crippen MR) is 45.7 cm³/mol. The van der Waals surface area contributed by atoms with Gasteiger partial charge in [0.1, 0.15) is 0 Å². The molecule has 1 aliphatic heterocycles. The molecule has 0 saturated carbocycles. The third-order valence-corrected chi connectivity index (χ3v) is 1.87. The summed E-state index contributed by atoms with van der Waals surface area (Å²) < 4.78 is 4.86. The van der Waals surface area contributed by atoms with Gasteiger partial charge >= 0.3 is 6.09 Å². The van der Waals surface area contributed by atoms with Crippen LogP contribution in [0.25, 0.3) is 0 Å². The van der Waals surface area contributed by atoms with Crippen LogP contribution >= 0.6 is 12.6 Å². The second-order valence-electron chi connectivity index (χ2n) is 3.11. The fraction of sp³-hybridized carbons (Fsp3) is 0.857. The van der Waals surface area contributed by atoms with Crippen molar-refractivity contribution in [2.75, 3.05) is 13.2 Å². The largest absolute Gasteiger partial charge is 0.449 e. The zero-order chi connectivity index (χ0) is 8.48. The van der Waals surface area contributed by atoms with E-state index in [0.717, 1.165) is 13.0 Å². The lowest BCUT2D eigenvalue weighted by Crippen LogP contribution is -2.47. The zero-order valence-corrected chi connectivity index (χ0v) is 7.73. The van der Waals surface area contributed by atoms with E-state index in [0.29, 0.717) is 6.61 Å². The van der Waals surface area contributed by atoms with E-state index in [4.69, 9.17) is 4.74 Å². The summed E-state index contributed by atoms with van der Waals surface area (Å²) in [5.74, 6) is 0. The summed E-state index contributed by atoms with van der Waals surface area (Å²) >= 11 is 4.28. The van der Waals surface area contributed by atoms with Crippen LogP contribution in [0.15, 0.2) is 0 Å². The maximum absolute atomic E-state index is 11.1. The second kappa shape index (κ2) is 2.93. The monoisotopic (exact) mass is 175 g/mol. The summed E-state index contributed by atoms with van der Waals surface area (Å²) in [6.07, 6.45) is 0.645. The van der Waals surface area contributed by atoms with Crippen LogP contribution in [0, 0.1) is 0 Å². The van der Waals surface area contributed by atoms with Gasteiger partial charge in [-0.05, 0) is 20.3 Å². The highest BCUT2D eigenvalue weighted by molar-refractivity contribution is 7.81. The summed E-state index contributed by atoms with van der Waals surface area (Å²) in [5.41, 5.74) is 0. The number of ether oxygens (including phenoxy) is 1. The maximum Gasteiger partial charge on any atom is 0.410 e. The number of hydrogen-bond donors (Lipinski definition) is 1. The number of amides is 1. The predicted octanol–water partition coefficient (Wildman–Crippen LogP) is 1.49. The average Bonchev–Trinajstić information content (AvgIpc) is 1.86. The van der Waals surface area contributed by atoms with E-state index in [1.807, 2.05) is 13.8 Å². The molecule has 64 valence electrons. The summed E-state index contributed by atoms with van der Waals surface area (Å²) in [6, 6.07) is 0. The Morgan fingerprint density at radius 2 is 2.27 bits per heavy atom. The van der Waals surface area contributed by atoms with Crippen molar-refractivity contribution in [2.24, 2.45) is 0 Å². The molecule has 0 atom stereocenters. The van der Waals surface area contributed by atoms with Gasteiger partial charge in [-0.15, -0.1) is 0 Å². The Kier molecular flexibility index (Phi) is 2.32. The van der Waals surface area contributed by atoms with Crippen molar-refractivity contribution in [1.29, 1.82) is 0 Å². The summed E-state index contributed by atoms with van der Waals surface area (Å²) in [6.45, 7) is 5.04. The molecule has 0 bridgehead atoms. The molecule has 3 nitrogen and oxygen atoms in total. The van der Waals surface area contributed by atoms with Gasteiger partial charge in [0.2, 0.25) is 0 Å². The van der Waals surface area contributed by atoms with Crippen molar-refractivity contribution in [3.05, 3.63) is 0 Å². The molecular formula is C7H13NO2S. The topological polar surface area (TPSA) is 29.5 Å². The number of cyclic esters (lactones) is 1. The Labute approximate surface area is 72.1 Å². The highest BCUT2D eigenvalue weighted by Gasteiger charge is 2.30. The first kappa shape index (κ1) is 8.71. The standard InChI is InChI=1S/C7H13NO2S/c1-7(2,11)8-4-3-5-10-6(8)9/h11H,3-5H2,1-2H3. The minimum absolute atomic E-state index is 0.253. The molecular weight excluding hydrogens is 162 g/mol. The minimum Gasteiger partial charge on any atom is -0.449 e. The van der Waals surface area contributed by atoms with E-state index in [2.05, 4.69) is 12.6 Å². The highest BCUT2D eigenvalue weighted by Crippen LogP contribution is 2.22. The van der Waals surface area contributed by atoms with Gasteiger partial charge in [0.15, 0.2) is 0 Å². The zero-order valence-electron chi connectivity index (χ0n) is 6.83. The Balaban J connectivity index is 2.62. The van der Waals surface area contributed by atoms with Gasteiger partial charge < -0.3 is 4.74 Å². The van der Waals surface area contributed by atoms with Crippen LogP contribution in [-0.4, -0.2) is 29.0 Å². The van der Waals surface area contributed by atoms with E-state index in [1.54, 1.807) is 4.90 Å². The maximum atomic E-state index is 11.1. The van der Waals surface area contributed by atoms with Gasteiger partial charge in [-0.2, -0.15) is 12.6 Å². The molecule has 1 rings (SSSR count). The van der Waals surface area contributed by atoms with Crippen LogP contribution in [0.2, 0.25) is 0 Å². The highest BCUT2D eigenvalue weighted by atomic mass is 32.1. The molecule has 1 saturated heterocycles. The fourth-order valence-electron chi connectivity index (χ4n) is 1.05. The molecule has 0 spiro atoms. The Hall–Kier alpha value is -0.380. The van der Waals surface area contributed by atoms with Crippen LogP contribution in [0.4, 0.5) is 4.79 Å². The molecule has 0 aliphatic carbocycles. The number of hydrogen-bond acceptors (Lipinski definition) is 3. The number of carbonyl (C=O) groups excluding carboxylic acids is 1. The number of rotatable bonds is 1. The van der Waals surface area contributed by atoms with Crippen molar-refractivity contribution >= 4 is 18.7 Å². The molecule has 11 heavy (non-hydrogen) atoms. The third-order valence-electron chi connectivity index (χ3n) is 1.63. The van der Waals surface area contributed by atoms with Gasteiger partial charge in [0.25, 0.3) is 0 Å². The van der Waals surface area contributed by atoms with Crippen molar-refractivity contribution in [3.63, 3.8) is 0 Å². The fourth-order valence-corrected chi connectivity index (χ4v) is 1.23. The molecule has 4 heteroatoms. The van der Waals surface area contributed by atoms with Gasteiger partial charge in [0, 0.05) is 6.54 Å². The van der Waals surface area contributed by atoms with Crippen LogP contribution in [0.3, 0.4) is 0 Å². The molecule has 1 amide bonds. The van der Waals surface area contributed by atoms with E-state index in [1.165, 1.54) is 0 Å². The first-order valence-corrected chi connectivity index (χ1v) is 4.13. The SMILES string of the molecule is CC(C)(S)N1CCCOC1=O. The molecule has 1 heterocycles. The Bertz CT molecular complexity index is 164. The quantitative estimate of drug-likeness (QED) is 0.612. The second-order valence-corrected chi connectivity index (χ2v) is 4.21. The smallest absolute Gasteiger partial charge is 0.410 e. The van der Waals surface area contributed by atoms with E-state index < -0.39 is 4.87 Å². The van der Waals surface area contributed by atoms with Crippen molar-refractivity contribution in [1.82, 2.24) is 4.90 Å². The van der Waals surface area contributed by atoms with Gasteiger partial charge in [-0.3, -0.25) is 4.90 Å². The van der Waals surface area contributed by atoms with Crippen molar-refractivity contribution < 1.29 is 9.53 Å². The molecule has 0 N–H and O–H groups in total. The number of carbonyl (C=O) groups is 1. The van der Waals surface area contributed by atoms with Gasteiger partial charge in [-0.1, -0.05) is 0 Å². The first-order valence-electron chi connectivity index (χ1n) is 3.68. The summed E-state index contributed by atoms with van der Waals surface area (Å²) in [5, 5.41) is 0. The Morgan fingerprint density at radius 1 is 1.64 bits per heavy atom. The lowest BCUT2D eigenvalue weighted by atomic mass is 10.3. The van der Waals surface area contributed by atoms with Crippen molar-refractivity contribution in [2.45, 2.75) is 25.1 Å².